The van der Waals surface area contributed by atoms with E-state index in [2.05, 4.69) is 13.5 Å². The fraction of sp³-hybridized carbons (Fsp3) is 0.800. The predicted octanol–water partition coefficient (Wildman–Crippen LogP) is 1.96. The molecule has 0 amide bonds. The second-order valence-corrected chi connectivity index (χ2v) is 6.79. The molecule has 2 aliphatic carbocycles. The summed E-state index contributed by atoms with van der Waals surface area (Å²) in [5, 5.41) is 29.7. The number of aliphatic carboxylic acids is 1. The first-order valence-corrected chi connectivity index (χ1v) is 7.01. The highest BCUT2D eigenvalue weighted by molar-refractivity contribution is 5.86. The molecule has 19 heavy (non-hydrogen) atoms. The second kappa shape index (κ2) is 4.60. The summed E-state index contributed by atoms with van der Waals surface area (Å²) in [6.45, 7) is 7.50. The Bertz CT molecular complexity index is 396. The van der Waals surface area contributed by atoms with Gasteiger partial charge in [-0.3, -0.25) is 0 Å². The molecule has 5 atom stereocenters. The third kappa shape index (κ3) is 2.32. The summed E-state index contributed by atoms with van der Waals surface area (Å²) < 4.78 is 0. The summed E-state index contributed by atoms with van der Waals surface area (Å²) in [7, 11) is 0. The van der Waals surface area contributed by atoms with Gasteiger partial charge in [-0.05, 0) is 56.3 Å². The van der Waals surface area contributed by atoms with Crippen molar-refractivity contribution >= 4 is 5.97 Å². The molecular formula is C15H24O4. The van der Waals surface area contributed by atoms with Gasteiger partial charge in [-0.15, -0.1) is 0 Å². The summed E-state index contributed by atoms with van der Waals surface area (Å²) in [6.07, 6.45) is 3.08. The summed E-state index contributed by atoms with van der Waals surface area (Å²) in [5.41, 5.74) is -0.902. The molecule has 0 bridgehead atoms. The van der Waals surface area contributed by atoms with Crippen molar-refractivity contribution in [2.75, 3.05) is 0 Å². The van der Waals surface area contributed by atoms with E-state index < -0.39 is 17.7 Å². The summed E-state index contributed by atoms with van der Waals surface area (Å²) in [5.74, 6) is -1.12. The Morgan fingerprint density at radius 2 is 1.84 bits per heavy atom. The van der Waals surface area contributed by atoms with Crippen LogP contribution in [0.5, 0.6) is 0 Å². The average Bonchev–Trinajstić information content (AvgIpc) is 2.34. The summed E-state index contributed by atoms with van der Waals surface area (Å²) in [6, 6.07) is 0. The number of carbonyl (C=O) groups is 1. The smallest absolute Gasteiger partial charge is 0.331 e. The first-order valence-electron chi connectivity index (χ1n) is 7.01. The monoisotopic (exact) mass is 268 g/mol. The molecule has 3 N–H and O–H groups in total. The van der Waals surface area contributed by atoms with E-state index in [9.17, 15) is 15.0 Å². The molecule has 2 aliphatic rings. The van der Waals surface area contributed by atoms with Crippen LogP contribution < -0.4 is 0 Å². The Morgan fingerprint density at radius 1 is 1.26 bits per heavy atom. The Labute approximate surface area is 114 Å². The molecule has 4 heteroatoms. The lowest BCUT2D eigenvalue weighted by molar-refractivity contribution is -0.183. The highest BCUT2D eigenvalue weighted by atomic mass is 16.4. The molecule has 108 valence electrons. The van der Waals surface area contributed by atoms with E-state index in [4.69, 9.17) is 5.11 Å². The molecule has 2 rings (SSSR count). The lowest BCUT2D eigenvalue weighted by atomic mass is 9.52. The molecule has 0 aromatic rings. The molecular weight excluding hydrogens is 244 g/mol. The van der Waals surface area contributed by atoms with E-state index >= 15 is 0 Å². The van der Waals surface area contributed by atoms with Crippen molar-refractivity contribution in [2.24, 2.45) is 17.3 Å². The number of aliphatic hydroxyl groups excluding tert-OH is 1. The molecule has 2 fully saturated rings. The van der Waals surface area contributed by atoms with Crippen molar-refractivity contribution in [1.82, 2.24) is 0 Å². The summed E-state index contributed by atoms with van der Waals surface area (Å²) >= 11 is 0. The number of carboxylic acid groups (broad SMARTS) is 1. The molecule has 0 heterocycles. The van der Waals surface area contributed by atoms with Crippen molar-refractivity contribution in [3.63, 3.8) is 0 Å². The Morgan fingerprint density at radius 3 is 2.42 bits per heavy atom. The van der Waals surface area contributed by atoms with Crippen LogP contribution in [0.3, 0.4) is 0 Å². The zero-order valence-electron chi connectivity index (χ0n) is 11.7. The normalized spacial score (nSPS) is 46.4. The first-order chi connectivity index (χ1) is 8.68. The van der Waals surface area contributed by atoms with Gasteiger partial charge in [0.05, 0.1) is 11.7 Å². The van der Waals surface area contributed by atoms with E-state index in [0.717, 1.165) is 19.3 Å². The fourth-order valence-electron chi connectivity index (χ4n) is 4.09. The maximum absolute atomic E-state index is 11.1. The number of aliphatic hydroxyl groups is 2. The minimum absolute atomic E-state index is 0.00197. The maximum atomic E-state index is 11.1. The van der Waals surface area contributed by atoms with Crippen LogP contribution in [0.15, 0.2) is 12.2 Å². The topological polar surface area (TPSA) is 77.8 Å². The lowest BCUT2D eigenvalue weighted by Crippen LogP contribution is -2.58. The van der Waals surface area contributed by atoms with Crippen LogP contribution in [-0.2, 0) is 4.79 Å². The lowest BCUT2D eigenvalue weighted by Gasteiger charge is -2.55. The van der Waals surface area contributed by atoms with Gasteiger partial charge < -0.3 is 15.3 Å². The zero-order valence-corrected chi connectivity index (χ0v) is 11.7. The first kappa shape index (κ1) is 14.5. The second-order valence-electron chi connectivity index (χ2n) is 6.79. The van der Waals surface area contributed by atoms with Crippen LogP contribution >= 0.6 is 0 Å². The van der Waals surface area contributed by atoms with Gasteiger partial charge in [-0.2, -0.15) is 0 Å². The number of carboxylic acids is 1. The molecule has 0 spiro atoms. The summed E-state index contributed by atoms with van der Waals surface area (Å²) in [4.78, 5) is 11.1. The standard InChI is InChI=1S/C15H24O4/c1-9(13(17)18)10-4-6-14(2)7-5-12(16)15(3,19)11(14)8-10/h10-12,16,19H,1,4-8H2,2-3H3,(H,17,18)/t10?,11?,12-,14-,15-/m0/s1. The Kier molecular flexibility index (Phi) is 3.52. The number of hydrogen-bond acceptors (Lipinski definition) is 3. The zero-order chi connectivity index (χ0) is 14.4. The van der Waals surface area contributed by atoms with Gasteiger partial charge >= 0.3 is 5.97 Å². The molecule has 0 aliphatic heterocycles. The third-order valence-electron chi connectivity index (χ3n) is 5.56. The fourth-order valence-corrected chi connectivity index (χ4v) is 4.09. The highest BCUT2D eigenvalue weighted by Gasteiger charge is 2.55. The van der Waals surface area contributed by atoms with Crippen LogP contribution in [-0.4, -0.2) is 33.0 Å². The van der Waals surface area contributed by atoms with Gasteiger partial charge in [0.2, 0.25) is 0 Å². The van der Waals surface area contributed by atoms with E-state index in [1.807, 2.05) is 0 Å². The van der Waals surface area contributed by atoms with Crippen molar-refractivity contribution in [3.05, 3.63) is 12.2 Å². The number of rotatable bonds is 2. The minimum atomic E-state index is -1.13. The third-order valence-corrected chi connectivity index (χ3v) is 5.56. The van der Waals surface area contributed by atoms with E-state index in [1.165, 1.54) is 0 Å². The van der Waals surface area contributed by atoms with Gasteiger partial charge in [-0.1, -0.05) is 13.5 Å². The van der Waals surface area contributed by atoms with Gasteiger partial charge in [0, 0.05) is 5.57 Å². The molecule has 2 unspecified atom stereocenters. The van der Waals surface area contributed by atoms with Crippen molar-refractivity contribution in [2.45, 2.75) is 57.7 Å². The quantitative estimate of drug-likeness (QED) is 0.669. The average molecular weight is 268 g/mol. The predicted molar refractivity (Wildman–Crippen MR) is 71.6 cm³/mol. The highest BCUT2D eigenvalue weighted by Crippen LogP contribution is 2.56. The van der Waals surface area contributed by atoms with Crippen molar-refractivity contribution < 1.29 is 20.1 Å². The minimum Gasteiger partial charge on any atom is -0.478 e. The SMILES string of the molecule is C=C(C(=O)O)C1CC[C@@]2(C)CC[C@H](O)[C@@](C)(O)C2C1. The van der Waals surface area contributed by atoms with Crippen LogP contribution in [0.25, 0.3) is 0 Å². The molecule has 0 aromatic carbocycles. The van der Waals surface area contributed by atoms with Gasteiger partial charge in [0.25, 0.3) is 0 Å². The van der Waals surface area contributed by atoms with E-state index in [0.29, 0.717) is 12.8 Å². The molecule has 0 radical (unpaired) electrons. The molecule has 0 saturated heterocycles. The maximum Gasteiger partial charge on any atom is 0.331 e. The van der Waals surface area contributed by atoms with Crippen LogP contribution in [0.1, 0.15) is 46.0 Å². The van der Waals surface area contributed by atoms with E-state index in [1.54, 1.807) is 6.92 Å². The Hall–Kier alpha value is -0.870. The number of hydrogen-bond donors (Lipinski definition) is 3. The van der Waals surface area contributed by atoms with Gasteiger partial charge in [0.1, 0.15) is 0 Å². The van der Waals surface area contributed by atoms with Crippen LogP contribution in [0, 0.1) is 17.3 Å². The Balaban J connectivity index is 2.24. The largest absolute Gasteiger partial charge is 0.478 e. The number of fused-ring (bicyclic) bond motifs is 1. The van der Waals surface area contributed by atoms with Crippen LogP contribution in [0.2, 0.25) is 0 Å². The molecule has 0 aromatic heterocycles. The molecule has 2 saturated carbocycles. The van der Waals surface area contributed by atoms with E-state index in [-0.39, 0.29) is 22.8 Å². The van der Waals surface area contributed by atoms with Gasteiger partial charge in [-0.25, -0.2) is 4.79 Å². The molecule has 4 nitrogen and oxygen atoms in total. The van der Waals surface area contributed by atoms with Crippen LogP contribution in [0.4, 0.5) is 0 Å². The van der Waals surface area contributed by atoms with Crippen molar-refractivity contribution in [1.29, 1.82) is 0 Å². The van der Waals surface area contributed by atoms with Crippen molar-refractivity contribution in [3.8, 4) is 0 Å². The van der Waals surface area contributed by atoms with Gasteiger partial charge in [0.15, 0.2) is 0 Å².